The number of allylic oxidation sites excluding steroid dienone is 1. The number of halogens is 2. The van der Waals surface area contributed by atoms with Gasteiger partial charge in [0, 0.05) is 4.47 Å². The lowest BCUT2D eigenvalue weighted by Gasteiger charge is -1.97. The molecule has 0 saturated carbocycles. The minimum Gasteiger partial charge on any atom is -0.207 e. The van der Waals surface area contributed by atoms with Gasteiger partial charge in [0.2, 0.25) is 0 Å². The Kier molecular flexibility index (Phi) is 3.39. The molecular formula is C10H4BrFN2. The lowest BCUT2D eigenvalue weighted by Crippen LogP contribution is -1.80. The van der Waals surface area contributed by atoms with Gasteiger partial charge in [0.25, 0.3) is 0 Å². The average molecular weight is 251 g/mol. The summed E-state index contributed by atoms with van der Waals surface area (Å²) in [4.78, 5) is 0. The highest BCUT2D eigenvalue weighted by molar-refractivity contribution is 9.10. The number of hydrogen-bond donors (Lipinski definition) is 0. The van der Waals surface area contributed by atoms with Crippen molar-refractivity contribution >= 4 is 22.0 Å². The van der Waals surface area contributed by atoms with Crippen LogP contribution in [0, 0.1) is 28.5 Å². The van der Waals surface area contributed by atoms with Gasteiger partial charge >= 0.3 is 0 Å². The smallest absolute Gasteiger partial charge is 0.130 e. The molecule has 0 unspecified atom stereocenters. The molecule has 0 aliphatic rings. The molecule has 0 atom stereocenters. The molecule has 0 radical (unpaired) electrons. The monoisotopic (exact) mass is 250 g/mol. The molecule has 4 heteroatoms. The SMILES string of the molecule is N#CC(C#N)=Cc1ccc(F)cc1Br. The number of nitriles is 2. The molecule has 0 amide bonds. The van der Waals surface area contributed by atoms with Crippen molar-refractivity contribution in [2.24, 2.45) is 0 Å². The van der Waals surface area contributed by atoms with Crippen molar-refractivity contribution in [3.05, 3.63) is 39.6 Å². The molecule has 1 rings (SSSR count). The van der Waals surface area contributed by atoms with Gasteiger partial charge < -0.3 is 0 Å². The Hall–Kier alpha value is -1.65. The zero-order valence-corrected chi connectivity index (χ0v) is 8.55. The van der Waals surface area contributed by atoms with Crippen LogP contribution in [0.5, 0.6) is 0 Å². The molecule has 68 valence electrons. The normalized spacial score (nSPS) is 8.57. The van der Waals surface area contributed by atoms with E-state index in [0.29, 0.717) is 10.0 Å². The summed E-state index contributed by atoms with van der Waals surface area (Å²) in [7, 11) is 0. The first kappa shape index (κ1) is 10.4. The molecule has 0 aliphatic heterocycles. The van der Waals surface area contributed by atoms with Crippen molar-refractivity contribution in [2.75, 3.05) is 0 Å². The van der Waals surface area contributed by atoms with Crippen LogP contribution in [0.3, 0.4) is 0 Å². The second kappa shape index (κ2) is 4.55. The number of rotatable bonds is 1. The fraction of sp³-hybridized carbons (Fsp3) is 0. The average Bonchev–Trinajstić information content (AvgIpc) is 2.17. The zero-order chi connectivity index (χ0) is 10.6. The molecule has 0 aliphatic carbocycles. The van der Waals surface area contributed by atoms with E-state index in [9.17, 15) is 4.39 Å². The predicted octanol–water partition coefficient (Wildman–Crippen LogP) is 3.02. The molecule has 0 heterocycles. The molecule has 0 aromatic heterocycles. The molecule has 1 aromatic carbocycles. The summed E-state index contributed by atoms with van der Waals surface area (Å²) in [5.74, 6) is -0.371. The Bertz CT molecular complexity index is 450. The minimum atomic E-state index is -0.371. The third-order valence-electron chi connectivity index (χ3n) is 1.50. The predicted molar refractivity (Wildman–Crippen MR) is 53.3 cm³/mol. The van der Waals surface area contributed by atoms with Crippen LogP contribution in [0.15, 0.2) is 28.2 Å². The van der Waals surface area contributed by atoms with Gasteiger partial charge in [0.15, 0.2) is 0 Å². The molecule has 1 aromatic rings. The lowest BCUT2D eigenvalue weighted by atomic mass is 10.1. The molecule has 0 spiro atoms. The quantitative estimate of drug-likeness (QED) is 0.720. The topological polar surface area (TPSA) is 47.6 Å². The van der Waals surface area contributed by atoms with Crippen LogP contribution in [0.1, 0.15) is 5.56 Å². The summed E-state index contributed by atoms with van der Waals surface area (Å²) in [5, 5.41) is 17.0. The molecule has 0 fully saturated rings. The van der Waals surface area contributed by atoms with Crippen molar-refractivity contribution in [1.29, 1.82) is 10.5 Å². The summed E-state index contributed by atoms with van der Waals surface area (Å²) >= 11 is 3.13. The Morgan fingerprint density at radius 2 is 2.00 bits per heavy atom. The van der Waals surface area contributed by atoms with Crippen LogP contribution in [-0.4, -0.2) is 0 Å². The van der Waals surface area contributed by atoms with E-state index in [4.69, 9.17) is 10.5 Å². The van der Waals surface area contributed by atoms with Crippen LogP contribution in [0.25, 0.3) is 6.08 Å². The molecule has 0 bridgehead atoms. The van der Waals surface area contributed by atoms with Gasteiger partial charge in [0.1, 0.15) is 23.5 Å². The second-order valence-corrected chi connectivity index (χ2v) is 3.30. The minimum absolute atomic E-state index is 0.0164. The zero-order valence-electron chi connectivity index (χ0n) is 6.96. The Morgan fingerprint density at radius 3 is 2.50 bits per heavy atom. The van der Waals surface area contributed by atoms with E-state index in [-0.39, 0.29) is 11.4 Å². The van der Waals surface area contributed by atoms with Gasteiger partial charge in [-0.15, -0.1) is 0 Å². The van der Waals surface area contributed by atoms with Crippen molar-refractivity contribution in [2.45, 2.75) is 0 Å². The standard InChI is InChI=1S/C10H4BrFN2/c11-10-4-9(12)2-1-8(10)3-7(5-13)6-14/h1-4H. The van der Waals surface area contributed by atoms with E-state index in [1.165, 1.54) is 24.3 Å². The van der Waals surface area contributed by atoms with Crippen LogP contribution >= 0.6 is 15.9 Å². The van der Waals surface area contributed by atoms with Gasteiger partial charge in [-0.2, -0.15) is 10.5 Å². The van der Waals surface area contributed by atoms with Crippen LogP contribution in [0.2, 0.25) is 0 Å². The maximum absolute atomic E-state index is 12.7. The number of benzene rings is 1. The Labute approximate surface area is 89.0 Å². The summed E-state index contributed by atoms with van der Waals surface area (Å²) in [6.07, 6.45) is 1.39. The Balaban J connectivity index is 3.18. The fourth-order valence-electron chi connectivity index (χ4n) is 0.864. The summed E-state index contributed by atoms with van der Waals surface area (Å²) < 4.78 is 13.2. The van der Waals surface area contributed by atoms with Crippen molar-refractivity contribution < 1.29 is 4.39 Å². The van der Waals surface area contributed by atoms with E-state index >= 15 is 0 Å². The van der Waals surface area contributed by atoms with Crippen LogP contribution in [0.4, 0.5) is 4.39 Å². The van der Waals surface area contributed by atoms with Gasteiger partial charge in [-0.25, -0.2) is 4.39 Å². The van der Waals surface area contributed by atoms with E-state index in [2.05, 4.69) is 15.9 Å². The Morgan fingerprint density at radius 1 is 1.36 bits per heavy atom. The molecule has 0 saturated heterocycles. The molecular weight excluding hydrogens is 247 g/mol. The molecule has 2 nitrogen and oxygen atoms in total. The molecule has 14 heavy (non-hydrogen) atoms. The maximum Gasteiger partial charge on any atom is 0.130 e. The van der Waals surface area contributed by atoms with Crippen molar-refractivity contribution in [3.63, 3.8) is 0 Å². The van der Waals surface area contributed by atoms with Gasteiger partial charge in [-0.3, -0.25) is 0 Å². The van der Waals surface area contributed by atoms with Crippen molar-refractivity contribution in [1.82, 2.24) is 0 Å². The van der Waals surface area contributed by atoms with Crippen LogP contribution < -0.4 is 0 Å². The van der Waals surface area contributed by atoms with E-state index in [0.717, 1.165) is 0 Å². The first-order chi connectivity index (χ1) is 6.67. The highest BCUT2D eigenvalue weighted by atomic mass is 79.9. The lowest BCUT2D eigenvalue weighted by molar-refractivity contribution is 0.627. The van der Waals surface area contributed by atoms with Gasteiger partial charge in [0.05, 0.1) is 0 Å². The largest absolute Gasteiger partial charge is 0.207 e. The van der Waals surface area contributed by atoms with E-state index in [1.54, 1.807) is 12.1 Å². The van der Waals surface area contributed by atoms with Crippen molar-refractivity contribution in [3.8, 4) is 12.1 Å². The third-order valence-corrected chi connectivity index (χ3v) is 2.19. The second-order valence-electron chi connectivity index (χ2n) is 2.45. The van der Waals surface area contributed by atoms with E-state index < -0.39 is 0 Å². The van der Waals surface area contributed by atoms with Gasteiger partial charge in [-0.05, 0) is 23.8 Å². The number of nitrogens with zero attached hydrogens (tertiary/aromatic N) is 2. The highest BCUT2D eigenvalue weighted by Crippen LogP contribution is 2.20. The third kappa shape index (κ3) is 2.42. The summed E-state index contributed by atoms with van der Waals surface area (Å²) in [6.45, 7) is 0. The first-order valence-electron chi connectivity index (χ1n) is 3.64. The number of hydrogen-bond acceptors (Lipinski definition) is 2. The molecule has 0 N–H and O–H groups in total. The maximum atomic E-state index is 12.7. The summed E-state index contributed by atoms with van der Waals surface area (Å²) in [5.41, 5.74) is 0.585. The first-order valence-corrected chi connectivity index (χ1v) is 4.43. The van der Waals surface area contributed by atoms with Gasteiger partial charge in [-0.1, -0.05) is 22.0 Å². The summed E-state index contributed by atoms with van der Waals surface area (Å²) in [6, 6.07) is 7.49. The fourth-order valence-corrected chi connectivity index (χ4v) is 1.33. The van der Waals surface area contributed by atoms with E-state index in [1.807, 2.05) is 0 Å². The van der Waals surface area contributed by atoms with Crippen LogP contribution in [-0.2, 0) is 0 Å². The highest BCUT2D eigenvalue weighted by Gasteiger charge is 2.00.